The van der Waals surface area contributed by atoms with Crippen LogP contribution in [0.15, 0.2) is 72.9 Å². The number of rotatable bonds is 37. The lowest BCUT2D eigenvalue weighted by Gasteiger charge is -2.20. The average molecular weight is 736 g/mol. The molecular weight excluding hydrogens is 661 g/mol. The summed E-state index contributed by atoms with van der Waals surface area (Å²) in [5, 5.41) is 0. The summed E-state index contributed by atoms with van der Waals surface area (Å²) < 4.78 is 33.2. The maximum absolute atomic E-state index is 12.5. The fourth-order valence-corrected chi connectivity index (χ4v) is 5.78. The van der Waals surface area contributed by atoms with Gasteiger partial charge in [-0.2, -0.15) is 0 Å². The van der Waals surface area contributed by atoms with Gasteiger partial charge in [-0.3, -0.25) is 13.8 Å². The number of hydrogen-bond donors (Lipinski definition) is 2. The van der Waals surface area contributed by atoms with Crippen LogP contribution in [0.3, 0.4) is 0 Å². The van der Waals surface area contributed by atoms with Crippen molar-refractivity contribution >= 4 is 13.8 Å². The second kappa shape index (κ2) is 39.2. The molecule has 0 spiro atoms. The minimum absolute atomic E-state index is 0.0742. The number of carbonyl (C=O) groups is 1. The minimum Gasteiger partial charge on any atom is -0.457 e. The maximum Gasteiger partial charge on any atom is 0.472 e. The highest BCUT2D eigenvalue weighted by Crippen LogP contribution is 2.43. The maximum atomic E-state index is 12.5. The van der Waals surface area contributed by atoms with Gasteiger partial charge < -0.3 is 20.1 Å². The van der Waals surface area contributed by atoms with Crippen molar-refractivity contribution in [2.45, 2.75) is 155 Å². The summed E-state index contributed by atoms with van der Waals surface area (Å²) in [4.78, 5) is 22.4. The lowest BCUT2D eigenvalue weighted by molar-refractivity contribution is -0.154. The van der Waals surface area contributed by atoms with Crippen LogP contribution in [0.4, 0.5) is 0 Å². The second-order valence-electron chi connectivity index (χ2n) is 12.8. The van der Waals surface area contributed by atoms with E-state index in [1.165, 1.54) is 57.8 Å². The van der Waals surface area contributed by atoms with Crippen LogP contribution >= 0.6 is 7.82 Å². The number of carbonyl (C=O) groups excluding carboxylic acids is 1. The Morgan fingerprint density at radius 2 is 1.08 bits per heavy atom. The standard InChI is InChI=1S/C42H74NO7P/c1-3-5-7-9-11-13-15-17-18-19-20-21-22-23-24-26-28-30-32-34-37-47-39-41(40-49-51(45,46)48-38-36-43)50-42(44)35-33-31-29-27-25-16-14-12-10-8-6-4-2/h5,7,11,13,17-18,20-21,23-24,28,30,41H,3-4,6,8-10,12,14-16,19,22,25-27,29,31-40,43H2,1-2H3,(H,45,46)/b7-5-,13-11-,18-17-,21-20-,24-23-,30-28-. The molecule has 294 valence electrons. The van der Waals surface area contributed by atoms with E-state index in [9.17, 15) is 14.3 Å². The molecule has 2 unspecified atom stereocenters. The van der Waals surface area contributed by atoms with Crippen molar-refractivity contribution in [1.29, 1.82) is 0 Å². The van der Waals surface area contributed by atoms with Crippen LogP contribution in [0.1, 0.15) is 149 Å². The average Bonchev–Trinajstić information content (AvgIpc) is 3.12. The molecule has 0 aromatic rings. The summed E-state index contributed by atoms with van der Waals surface area (Å²) in [6.45, 7) is 4.62. The van der Waals surface area contributed by atoms with E-state index in [1.54, 1.807) is 0 Å². The van der Waals surface area contributed by atoms with Crippen molar-refractivity contribution in [3.05, 3.63) is 72.9 Å². The topological polar surface area (TPSA) is 117 Å². The van der Waals surface area contributed by atoms with E-state index in [0.717, 1.165) is 70.6 Å². The number of unbranched alkanes of at least 4 members (excludes halogenated alkanes) is 12. The fraction of sp³-hybridized carbons (Fsp3) is 0.690. The molecule has 3 N–H and O–H groups in total. The Kier molecular flexibility index (Phi) is 37.6. The first kappa shape index (κ1) is 48.9. The Labute approximate surface area is 312 Å². The molecule has 2 atom stereocenters. The zero-order valence-electron chi connectivity index (χ0n) is 32.3. The number of phosphoric acid groups is 1. The van der Waals surface area contributed by atoms with Crippen LogP contribution in [0.25, 0.3) is 0 Å². The third-order valence-corrected chi connectivity index (χ3v) is 8.87. The van der Waals surface area contributed by atoms with E-state index < -0.39 is 13.9 Å². The molecule has 0 fully saturated rings. The third kappa shape index (κ3) is 39.0. The highest BCUT2D eigenvalue weighted by atomic mass is 31.2. The molecule has 0 aromatic carbocycles. The Balaban J connectivity index is 4.19. The molecule has 0 aliphatic carbocycles. The molecule has 0 saturated carbocycles. The molecule has 0 amide bonds. The molecule has 0 aliphatic rings. The van der Waals surface area contributed by atoms with Gasteiger partial charge in [-0.15, -0.1) is 0 Å². The number of allylic oxidation sites excluding steroid dienone is 12. The van der Waals surface area contributed by atoms with Crippen molar-refractivity contribution in [1.82, 2.24) is 0 Å². The SMILES string of the molecule is CC/C=C\C/C=C\C/C=C\C/C=C\C/C=C\C/C=C\CCCOCC(COP(=O)(O)OCCN)OC(=O)CCCCCCCCCCCCCC. The predicted octanol–water partition coefficient (Wildman–Crippen LogP) is 11.6. The van der Waals surface area contributed by atoms with Crippen LogP contribution in [-0.4, -0.2) is 49.9 Å². The normalized spacial score (nSPS) is 14.4. The van der Waals surface area contributed by atoms with Crippen LogP contribution in [0.2, 0.25) is 0 Å². The number of phosphoric ester groups is 1. The van der Waals surface area contributed by atoms with E-state index in [4.69, 9.17) is 24.3 Å². The molecule has 0 heterocycles. The van der Waals surface area contributed by atoms with Gasteiger partial charge in [0.1, 0.15) is 6.10 Å². The summed E-state index contributed by atoms with van der Waals surface area (Å²) in [7, 11) is -4.29. The Morgan fingerprint density at radius 3 is 1.57 bits per heavy atom. The van der Waals surface area contributed by atoms with E-state index in [1.807, 2.05) is 0 Å². The summed E-state index contributed by atoms with van der Waals surface area (Å²) in [5.41, 5.74) is 5.35. The van der Waals surface area contributed by atoms with Gasteiger partial charge in [0, 0.05) is 19.6 Å². The zero-order valence-corrected chi connectivity index (χ0v) is 33.2. The van der Waals surface area contributed by atoms with E-state index in [2.05, 4.69) is 86.8 Å². The van der Waals surface area contributed by atoms with Crippen molar-refractivity contribution in [3.8, 4) is 0 Å². The van der Waals surface area contributed by atoms with Gasteiger partial charge in [0.05, 0.1) is 19.8 Å². The molecule has 0 aromatic heterocycles. The Hall–Kier alpha value is -2.06. The van der Waals surface area contributed by atoms with Crippen molar-refractivity contribution in [2.24, 2.45) is 5.73 Å². The van der Waals surface area contributed by atoms with Gasteiger partial charge >= 0.3 is 13.8 Å². The number of ether oxygens (including phenoxy) is 2. The Morgan fingerprint density at radius 1 is 0.608 bits per heavy atom. The predicted molar refractivity (Wildman–Crippen MR) is 215 cm³/mol. The monoisotopic (exact) mass is 736 g/mol. The number of nitrogens with two attached hydrogens (primary N) is 1. The van der Waals surface area contributed by atoms with Gasteiger partial charge in [-0.1, -0.05) is 157 Å². The van der Waals surface area contributed by atoms with Gasteiger partial charge in [0.2, 0.25) is 0 Å². The lowest BCUT2D eigenvalue weighted by atomic mass is 10.0. The molecule has 0 rings (SSSR count). The molecule has 51 heavy (non-hydrogen) atoms. The van der Waals surface area contributed by atoms with Crippen molar-refractivity contribution in [3.63, 3.8) is 0 Å². The smallest absolute Gasteiger partial charge is 0.457 e. The summed E-state index contributed by atoms with van der Waals surface area (Å²) in [6, 6.07) is 0. The molecule has 9 heteroatoms. The largest absolute Gasteiger partial charge is 0.472 e. The van der Waals surface area contributed by atoms with Gasteiger partial charge in [-0.25, -0.2) is 4.57 Å². The van der Waals surface area contributed by atoms with E-state index in [0.29, 0.717) is 13.0 Å². The highest BCUT2D eigenvalue weighted by molar-refractivity contribution is 7.47. The van der Waals surface area contributed by atoms with Gasteiger partial charge in [0.15, 0.2) is 0 Å². The fourth-order valence-electron chi connectivity index (χ4n) is 5.01. The quantitative estimate of drug-likeness (QED) is 0.0280. The molecule has 0 radical (unpaired) electrons. The van der Waals surface area contributed by atoms with E-state index in [-0.39, 0.29) is 32.3 Å². The van der Waals surface area contributed by atoms with Gasteiger partial charge in [0.25, 0.3) is 0 Å². The first-order valence-electron chi connectivity index (χ1n) is 19.9. The molecular formula is C42H74NO7P. The first-order chi connectivity index (χ1) is 24.9. The summed E-state index contributed by atoms with van der Waals surface area (Å²) in [6.07, 6.45) is 47.9. The van der Waals surface area contributed by atoms with Crippen LogP contribution in [-0.2, 0) is 27.9 Å². The number of esters is 1. The number of hydrogen-bond acceptors (Lipinski definition) is 7. The zero-order chi connectivity index (χ0) is 37.4. The van der Waals surface area contributed by atoms with Crippen LogP contribution in [0, 0.1) is 0 Å². The Bertz CT molecular complexity index is 1010. The molecule has 0 aliphatic heterocycles. The molecule has 8 nitrogen and oxygen atoms in total. The molecule has 0 bridgehead atoms. The molecule has 0 saturated heterocycles. The second-order valence-corrected chi connectivity index (χ2v) is 14.2. The minimum atomic E-state index is -4.29. The van der Waals surface area contributed by atoms with Crippen molar-refractivity contribution in [2.75, 3.05) is 33.0 Å². The third-order valence-electron chi connectivity index (χ3n) is 7.89. The summed E-state index contributed by atoms with van der Waals surface area (Å²) in [5.74, 6) is -0.354. The lowest BCUT2D eigenvalue weighted by Crippen LogP contribution is -2.28. The van der Waals surface area contributed by atoms with Crippen LogP contribution < -0.4 is 5.73 Å². The highest BCUT2D eigenvalue weighted by Gasteiger charge is 2.25. The van der Waals surface area contributed by atoms with E-state index >= 15 is 0 Å². The van der Waals surface area contributed by atoms with Gasteiger partial charge in [-0.05, 0) is 57.8 Å². The van der Waals surface area contributed by atoms with Crippen LogP contribution in [0.5, 0.6) is 0 Å². The van der Waals surface area contributed by atoms with Crippen molar-refractivity contribution < 1.29 is 32.8 Å². The first-order valence-corrected chi connectivity index (χ1v) is 21.4. The summed E-state index contributed by atoms with van der Waals surface area (Å²) >= 11 is 0.